The van der Waals surface area contributed by atoms with Crippen molar-refractivity contribution in [2.75, 3.05) is 19.8 Å². The van der Waals surface area contributed by atoms with Crippen molar-refractivity contribution in [3.63, 3.8) is 0 Å². The second-order valence-corrected chi connectivity index (χ2v) is 13.4. The molecule has 2 aromatic carbocycles. The molecule has 0 saturated carbocycles. The molecule has 2 unspecified atom stereocenters. The molecule has 1 aliphatic heterocycles. The minimum absolute atomic E-state index is 0.0217. The maximum atomic E-state index is 14.0. The van der Waals surface area contributed by atoms with Crippen molar-refractivity contribution >= 4 is 37.3 Å². The Balaban J connectivity index is 1.60. The van der Waals surface area contributed by atoms with Crippen molar-refractivity contribution in [3.8, 4) is 10.6 Å². The molecule has 1 aromatic heterocycles. The molecular formula is C29H38N2O6S2. The Kier molecular flexibility index (Phi) is 10.1. The fourth-order valence-electron chi connectivity index (χ4n) is 4.47. The number of sulfone groups is 1. The number of aryl methyl sites for hydroxylation is 1. The zero-order valence-electron chi connectivity index (χ0n) is 22.9. The van der Waals surface area contributed by atoms with Crippen molar-refractivity contribution in [3.05, 3.63) is 48.0 Å². The van der Waals surface area contributed by atoms with E-state index >= 15 is 0 Å². The topological polar surface area (TPSA) is 104 Å². The number of amides is 1. The summed E-state index contributed by atoms with van der Waals surface area (Å²) >= 11 is 1.43. The summed E-state index contributed by atoms with van der Waals surface area (Å²) in [6.45, 7) is 6.70. The van der Waals surface area contributed by atoms with Crippen LogP contribution < -0.4 is 5.48 Å². The van der Waals surface area contributed by atoms with Gasteiger partial charge in [-0.3, -0.25) is 4.79 Å². The van der Waals surface area contributed by atoms with Crippen molar-refractivity contribution in [1.82, 2.24) is 10.5 Å². The normalized spacial score (nSPS) is 17.7. The van der Waals surface area contributed by atoms with Crippen LogP contribution in [0.4, 0.5) is 0 Å². The van der Waals surface area contributed by atoms with E-state index in [0.29, 0.717) is 25.2 Å². The number of thiazole rings is 1. The highest BCUT2D eigenvalue weighted by Crippen LogP contribution is 2.35. The van der Waals surface area contributed by atoms with Crippen LogP contribution in [0.2, 0.25) is 0 Å². The van der Waals surface area contributed by atoms with Crippen LogP contribution >= 0.6 is 11.3 Å². The van der Waals surface area contributed by atoms with Gasteiger partial charge in [0.05, 0.1) is 15.1 Å². The van der Waals surface area contributed by atoms with Crippen LogP contribution in [0.1, 0.15) is 64.9 Å². The second-order valence-electron chi connectivity index (χ2n) is 10.0. The first-order valence-corrected chi connectivity index (χ1v) is 16.0. The maximum absolute atomic E-state index is 14.0. The summed E-state index contributed by atoms with van der Waals surface area (Å²) < 4.78 is 38.0. The zero-order chi connectivity index (χ0) is 27.9. The Morgan fingerprint density at radius 1 is 1.13 bits per heavy atom. The number of fused-ring (bicyclic) bond motifs is 1. The van der Waals surface area contributed by atoms with Gasteiger partial charge in [-0.05, 0) is 62.8 Å². The largest absolute Gasteiger partial charge is 0.381 e. The number of rotatable bonds is 13. The lowest BCUT2D eigenvalue weighted by Crippen LogP contribution is -2.52. The Morgan fingerprint density at radius 3 is 2.62 bits per heavy atom. The third kappa shape index (κ3) is 6.86. The van der Waals surface area contributed by atoms with E-state index in [9.17, 15) is 13.2 Å². The lowest BCUT2D eigenvalue weighted by Gasteiger charge is -2.29. The molecule has 10 heteroatoms. The van der Waals surface area contributed by atoms with Gasteiger partial charge in [-0.25, -0.2) is 23.7 Å². The number of hydrogen-bond acceptors (Lipinski definition) is 8. The van der Waals surface area contributed by atoms with Gasteiger partial charge in [-0.15, -0.1) is 11.3 Å². The molecule has 3 aromatic rings. The van der Waals surface area contributed by atoms with Crippen LogP contribution in [0.15, 0.2) is 47.4 Å². The molecule has 8 nitrogen and oxygen atoms in total. The quantitative estimate of drug-likeness (QED) is 0.202. The van der Waals surface area contributed by atoms with Gasteiger partial charge in [0.15, 0.2) is 20.9 Å². The van der Waals surface area contributed by atoms with E-state index in [4.69, 9.17) is 19.3 Å². The highest BCUT2D eigenvalue weighted by atomic mass is 32.2. The number of nitrogens with zero attached hydrogens (tertiary/aromatic N) is 1. The third-order valence-electron chi connectivity index (χ3n) is 6.98. The van der Waals surface area contributed by atoms with Gasteiger partial charge in [0.1, 0.15) is 5.01 Å². The SMILES string of the molecule is CCCOCCC(C)(C(=O)NOC1CCCCO1)S(=O)(=O)c1ccc2nc(-c3ccc(CCC)cc3)sc2c1. The number of carbonyl (C=O) groups excluding carboxylic acids is 1. The molecule has 1 amide bonds. The molecule has 0 spiro atoms. The molecule has 39 heavy (non-hydrogen) atoms. The van der Waals surface area contributed by atoms with E-state index in [1.807, 2.05) is 19.1 Å². The predicted molar refractivity (Wildman–Crippen MR) is 153 cm³/mol. The minimum atomic E-state index is -4.13. The average Bonchev–Trinajstić information content (AvgIpc) is 3.38. The highest BCUT2D eigenvalue weighted by molar-refractivity contribution is 7.93. The number of hydrogen-bond donors (Lipinski definition) is 1. The second kappa shape index (κ2) is 13.3. The number of hydroxylamine groups is 1. The van der Waals surface area contributed by atoms with E-state index < -0.39 is 26.8 Å². The summed E-state index contributed by atoms with van der Waals surface area (Å²) in [4.78, 5) is 23.6. The maximum Gasteiger partial charge on any atom is 0.265 e. The van der Waals surface area contributed by atoms with Gasteiger partial charge in [0.25, 0.3) is 5.91 Å². The molecule has 0 aliphatic carbocycles. The smallest absolute Gasteiger partial charge is 0.265 e. The number of carbonyl (C=O) groups is 1. The van der Waals surface area contributed by atoms with Crippen LogP contribution in [-0.4, -0.2) is 50.2 Å². The molecule has 1 fully saturated rings. The van der Waals surface area contributed by atoms with Gasteiger partial charge >= 0.3 is 0 Å². The molecule has 1 aliphatic rings. The Labute approximate surface area is 234 Å². The van der Waals surface area contributed by atoms with Crippen LogP contribution in [0.5, 0.6) is 0 Å². The predicted octanol–water partition coefficient (Wildman–Crippen LogP) is 5.84. The van der Waals surface area contributed by atoms with E-state index in [1.54, 1.807) is 12.1 Å². The van der Waals surface area contributed by atoms with Crippen LogP contribution in [-0.2, 0) is 35.4 Å². The van der Waals surface area contributed by atoms with Gasteiger partial charge in [0, 0.05) is 31.8 Å². The van der Waals surface area contributed by atoms with Gasteiger partial charge < -0.3 is 9.47 Å². The van der Waals surface area contributed by atoms with Crippen molar-refractivity contribution < 1.29 is 27.5 Å². The molecule has 0 bridgehead atoms. The van der Waals surface area contributed by atoms with Gasteiger partial charge in [-0.1, -0.05) is 44.5 Å². The molecule has 1 saturated heterocycles. The first kappa shape index (κ1) is 29.6. The number of benzene rings is 2. The summed E-state index contributed by atoms with van der Waals surface area (Å²) in [5, 5.41) is 0.817. The Hall–Kier alpha value is -2.37. The fourth-order valence-corrected chi connectivity index (χ4v) is 7.24. The zero-order valence-corrected chi connectivity index (χ0v) is 24.5. The summed E-state index contributed by atoms with van der Waals surface area (Å²) in [5.74, 6) is -0.742. The van der Waals surface area contributed by atoms with Crippen LogP contribution in [0, 0.1) is 0 Å². The molecule has 4 rings (SSSR count). The number of aromatic nitrogens is 1. The molecule has 0 radical (unpaired) electrons. The van der Waals surface area contributed by atoms with Gasteiger partial charge in [0.2, 0.25) is 0 Å². The lowest BCUT2D eigenvalue weighted by atomic mass is 10.1. The van der Waals surface area contributed by atoms with Crippen molar-refractivity contribution in [2.45, 2.75) is 81.6 Å². The number of nitrogens with one attached hydrogen (secondary N) is 1. The minimum Gasteiger partial charge on any atom is -0.381 e. The number of ether oxygens (including phenoxy) is 2. The van der Waals surface area contributed by atoms with E-state index in [1.165, 1.54) is 29.9 Å². The van der Waals surface area contributed by atoms with Crippen molar-refractivity contribution in [2.24, 2.45) is 0 Å². The first-order chi connectivity index (χ1) is 18.8. The van der Waals surface area contributed by atoms with E-state index in [2.05, 4.69) is 24.5 Å². The summed E-state index contributed by atoms with van der Waals surface area (Å²) in [7, 11) is -4.13. The summed E-state index contributed by atoms with van der Waals surface area (Å²) in [5.41, 5.74) is 5.35. The first-order valence-electron chi connectivity index (χ1n) is 13.7. The van der Waals surface area contributed by atoms with Crippen LogP contribution in [0.3, 0.4) is 0 Å². The summed E-state index contributed by atoms with van der Waals surface area (Å²) in [6.07, 6.45) is 4.77. The summed E-state index contributed by atoms with van der Waals surface area (Å²) in [6, 6.07) is 13.1. The molecular weight excluding hydrogens is 536 g/mol. The third-order valence-corrected chi connectivity index (χ3v) is 10.5. The standard InChI is InChI=1S/C29H38N2O6S2/c1-4-8-21-10-12-22(13-11-21)27-30-24-15-14-23(20-25(24)38-27)39(33,34)29(3,16-19-35-17-5-2)28(32)31-37-26-9-6-7-18-36-26/h10-15,20,26H,4-9,16-19H2,1-3H3,(H,31,32). The fraction of sp³-hybridized carbons (Fsp3) is 0.517. The van der Waals surface area contributed by atoms with Crippen molar-refractivity contribution in [1.29, 1.82) is 0 Å². The Morgan fingerprint density at radius 2 is 1.92 bits per heavy atom. The average molecular weight is 575 g/mol. The monoisotopic (exact) mass is 574 g/mol. The Bertz CT molecular complexity index is 1350. The van der Waals surface area contributed by atoms with Gasteiger partial charge in [-0.2, -0.15) is 0 Å². The van der Waals surface area contributed by atoms with E-state index in [0.717, 1.165) is 47.4 Å². The molecule has 2 atom stereocenters. The molecule has 2 heterocycles. The van der Waals surface area contributed by atoms with E-state index in [-0.39, 0.29) is 17.9 Å². The molecule has 212 valence electrons. The molecule has 1 N–H and O–H groups in total. The highest BCUT2D eigenvalue weighted by Gasteiger charge is 2.47. The lowest BCUT2D eigenvalue weighted by molar-refractivity contribution is -0.201. The van der Waals surface area contributed by atoms with Crippen LogP contribution in [0.25, 0.3) is 20.8 Å².